The molecule has 0 aromatic rings. The van der Waals surface area contributed by atoms with Crippen molar-refractivity contribution in [3.05, 3.63) is 0 Å². The maximum atomic E-state index is 10.0. The summed E-state index contributed by atoms with van der Waals surface area (Å²) in [4.78, 5) is 0. The highest BCUT2D eigenvalue weighted by Crippen LogP contribution is 1.91. The van der Waals surface area contributed by atoms with Gasteiger partial charge in [-0.05, 0) is 6.92 Å². The predicted molar refractivity (Wildman–Crippen MR) is 34.0 cm³/mol. The minimum atomic E-state index is -4.12. The molecular formula is C4H10O5S. The molecule has 0 aliphatic rings. The van der Waals surface area contributed by atoms with Crippen molar-refractivity contribution in [2.24, 2.45) is 0 Å². The van der Waals surface area contributed by atoms with Crippen LogP contribution in [-0.2, 0) is 14.9 Å². The third kappa shape index (κ3) is 5.96. The lowest BCUT2D eigenvalue weighted by atomic mass is 10.7. The van der Waals surface area contributed by atoms with E-state index in [2.05, 4.69) is 4.74 Å². The third-order valence-corrected chi connectivity index (χ3v) is 1.42. The van der Waals surface area contributed by atoms with Crippen molar-refractivity contribution in [2.45, 2.75) is 13.2 Å². The second kappa shape index (κ2) is 3.87. The smallest absolute Gasteiger partial charge is 0.269 e. The van der Waals surface area contributed by atoms with Crippen LogP contribution < -0.4 is 0 Å². The van der Waals surface area contributed by atoms with Gasteiger partial charge in [0.2, 0.25) is 0 Å². The minimum Gasteiger partial charge on any atom is -0.367 e. The van der Waals surface area contributed by atoms with Crippen LogP contribution in [0.15, 0.2) is 0 Å². The summed E-state index contributed by atoms with van der Waals surface area (Å²) in [5.74, 6) is -0.777. The van der Waals surface area contributed by atoms with Crippen LogP contribution in [0, 0.1) is 0 Å². The lowest BCUT2D eigenvalue weighted by Crippen LogP contribution is -2.22. The molecule has 1 unspecified atom stereocenters. The molecule has 0 fully saturated rings. The van der Waals surface area contributed by atoms with Gasteiger partial charge in [0, 0.05) is 6.61 Å². The minimum absolute atomic E-state index is 0.205. The molecule has 10 heavy (non-hydrogen) atoms. The van der Waals surface area contributed by atoms with Crippen molar-refractivity contribution in [1.82, 2.24) is 0 Å². The standard InChI is InChI=1S/C4H10O5S/c1-2-9-4(5)3-10(6,7)8/h4-5H,2-3H2,1H3,(H,6,7,8). The molecule has 6 heteroatoms. The number of hydrogen-bond donors (Lipinski definition) is 2. The van der Waals surface area contributed by atoms with Crippen molar-refractivity contribution < 1.29 is 22.8 Å². The van der Waals surface area contributed by atoms with Gasteiger partial charge in [0.1, 0.15) is 5.75 Å². The van der Waals surface area contributed by atoms with Crippen molar-refractivity contribution in [3.8, 4) is 0 Å². The molecule has 0 aromatic carbocycles. The van der Waals surface area contributed by atoms with Gasteiger partial charge in [-0.2, -0.15) is 8.42 Å². The Morgan fingerprint density at radius 3 is 2.40 bits per heavy atom. The zero-order valence-electron chi connectivity index (χ0n) is 5.52. The molecule has 0 heterocycles. The summed E-state index contributed by atoms with van der Waals surface area (Å²) in [6.45, 7) is 1.81. The summed E-state index contributed by atoms with van der Waals surface area (Å²) in [6.07, 6.45) is -1.43. The normalized spacial score (nSPS) is 15.1. The summed E-state index contributed by atoms with van der Waals surface area (Å²) in [5, 5.41) is 8.62. The zero-order valence-corrected chi connectivity index (χ0v) is 6.34. The van der Waals surface area contributed by atoms with Gasteiger partial charge >= 0.3 is 0 Å². The van der Waals surface area contributed by atoms with Gasteiger partial charge in [0.25, 0.3) is 10.1 Å². The highest BCUT2D eigenvalue weighted by atomic mass is 32.2. The van der Waals surface area contributed by atoms with E-state index < -0.39 is 22.2 Å². The highest BCUT2D eigenvalue weighted by Gasteiger charge is 2.12. The monoisotopic (exact) mass is 170 g/mol. The molecule has 0 aliphatic heterocycles. The van der Waals surface area contributed by atoms with E-state index in [-0.39, 0.29) is 6.61 Å². The van der Waals surface area contributed by atoms with Crippen LogP contribution in [0.4, 0.5) is 0 Å². The summed E-state index contributed by atoms with van der Waals surface area (Å²) in [7, 11) is -4.12. The molecular weight excluding hydrogens is 160 g/mol. The van der Waals surface area contributed by atoms with Crippen LogP contribution in [-0.4, -0.2) is 36.7 Å². The number of aliphatic hydroxyl groups excluding tert-OH is 1. The molecule has 0 amide bonds. The summed E-state index contributed by atoms with van der Waals surface area (Å²) < 4.78 is 32.6. The first-order valence-corrected chi connectivity index (χ1v) is 4.31. The first-order valence-electron chi connectivity index (χ1n) is 2.70. The van der Waals surface area contributed by atoms with Crippen molar-refractivity contribution in [1.29, 1.82) is 0 Å². The molecule has 0 aliphatic carbocycles. The van der Waals surface area contributed by atoms with Crippen LogP contribution in [0.3, 0.4) is 0 Å². The molecule has 0 bridgehead atoms. The number of rotatable bonds is 4. The van der Waals surface area contributed by atoms with Crippen LogP contribution >= 0.6 is 0 Å². The molecule has 0 spiro atoms. The largest absolute Gasteiger partial charge is 0.367 e. The Bertz CT molecular complexity index is 172. The Hall–Kier alpha value is -0.170. The van der Waals surface area contributed by atoms with Crippen LogP contribution in [0.25, 0.3) is 0 Å². The van der Waals surface area contributed by atoms with Gasteiger partial charge in [0.05, 0.1) is 0 Å². The van der Waals surface area contributed by atoms with Gasteiger partial charge in [-0.25, -0.2) is 0 Å². The quantitative estimate of drug-likeness (QED) is 0.427. The fraction of sp³-hybridized carbons (Fsp3) is 1.00. The summed E-state index contributed by atoms with van der Waals surface area (Å²) in [5.41, 5.74) is 0. The molecule has 0 saturated carbocycles. The topological polar surface area (TPSA) is 83.8 Å². The zero-order chi connectivity index (χ0) is 8.20. The van der Waals surface area contributed by atoms with Gasteiger partial charge in [0.15, 0.2) is 6.29 Å². The fourth-order valence-corrected chi connectivity index (χ4v) is 0.877. The van der Waals surface area contributed by atoms with E-state index in [1.807, 2.05) is 0 Å². The van der Waals surface area contributed by atoms with Gasteiger partial charge in [-0.3, -0.25) is 4.55 Å². The second-order valence-electron chi connectivity index (χ2n) is 1.66. The number of hydrogen-bond acceptors (Lipinski definition) is 4. The lowest BCUT2D eigenvalue weighted by molar-refractivity contribution is -0.0781. The highest BCUT2D eigenvalue weighted by molar-refractivity contribution is 7.85. The summed E-state index contributed by atoms with van der Waals surface area (Å²) >= 11 is 0. The Kier molecular flexibility index (Phi) is 3.80. The fourth-order valence-electron chi connectivity index (χ4n) is 0.421. The maximum Gasteiger partial charge on any atom is 0.269 e. The molecule has 0 rings (SSSR count). The van der Waals surface area contributed by atoms with Crippen molar-refractivity contribution in [2.75, 3.05) is 12.4 Å². The van der Waals surface area contributed by atoms with Gasteiger partial charge in [-0.1, -0.05) is 0 Å². The van der Waals surface area contributed by atoms with Crippen molar-refractivity contribution in [3.63, 3.8) is 0 Å². The van der Waals surface area contributed by atoms with Crippen LogP contribution in [0.2, 0.25) is 0 Å². The van der Waals surface area contributed by atoms with Gasteiger partial charge in [-0.15, -0.1) is 0 Å². The molecule has 0 aromatic heterocycles. The molecule has 0 radical (unpaired) electrons. The Labute approximate surface area is 59.4 Å². The Morgan fingerprint density at radius 2 is 2.10 bits per heavy atom. The molecule has 2 N–H and O–H groups in total. The predicted octanol–water partition coefficient (Wildman–Crippen LogP) is -0.771. The van der Waals surface area contributed by atoms with E-state index >= 15 is 0 Å². The molecule has 62 valence electrons. The van der Waals surface area contributed by atoms with E-state index in [1.54, 1.807) is 6.92 Å². The molecule has 1 atom stereocenters. The van der Waals surface area contributed by atoms with Crippen LogP contribution in [0.1, 0.15) is 6.92 Å². The van der Waals surface area contributed by atoms with E-state index in [1.165, 1.54) is 0 Å². The maximum absolute atomic E-state index is 10.0. The average molecular weight is 170 g/mol. The Balaban J connectivity index is 3.69. The second-order valence-corrected chi connectivity index (χ2v) is 3.16. The molecule has 0 saturated heterocycles. The van der Waals surface area contributed by atoms with E-state index in [0.717, 1.165) is 0 Å². The lowest BCUT2D eigenvalue weighted by Gasteiger charge is -2.06. The van der Waals surface area contributed by atoms with Crippen LogP contribution in [0.5, 0.6) is 0 Å². The molecule has 5 nitrogen and oxygen atoms in total. The third-order valence-electron chi connectivity index (χ3n) is 0.712. The van der Waals surface area contributed by atoms with Crippen molar-refractivity contribution >= 4 is 10.1 Å². The first kappa shape index (κ1) is 9.83. The van der Waals surface area contributed by atoms with Gasteiger partial charge < -0.3 is 9.84 Å². The summed E-state index contributed by atoms with van der Waals surface area (Å²) in [6, 6.07) is 0. The van der Waals surface area contributed by atoms with E-state index in [0.29, 0.717) is 0 Å². The van der Waals surface area contributed by atoms with E-state index in [4.69, 9.17) is 9.66 Å². The SMILES string of the molecule is CCOC(O)CS(=O)(=O)O. The Morgan fingerprint density at radius 1 is 1.60 bits per heavy atom. The van der Waals surface area contributed by atoms with E-state index in [9.17, 15) is 8.42 Å². The number of aliphatic hydroxyl groups is 1. The number of ether oxygens (including phenoxy) is 1. The average Bonchev–Trinajstić information content (AvgIpc) is 1.59. The first-order chi connectivity index (χ1) is 4.45.